The van der Waals surface area contributed by atoms with Crippen LogP contribution in [-0.4, -0.2) is 18.9 Å². The topological polar surface area (TPSA) is 50.7 Å². The number of hydrogen-bond donors (Lipinski definition) is 1. The zero-order chi connectivity index (χ0) is 9.68. The molecule has 0 aliphatic heterocycles. The van der Waals surface area contributed by atoms with E-state index in [0.29, 0.717) is 5.71 Å². The van der Waals surface area contributed by atoms with Crippen LogP contribution in [-0.2, 0) is 4.84 Å². The molecule has 0 aromatic carbocycles. The fraction of sp³-hybridized carbons (Fsp3) is 0.222. The van der Waals surface area contributed by atoms with Crippen molar-refractivity contribution in [3.8, 4) is 0 Å². The van der Waals surface area contributed by atoms with Gasteiger partial charge < -0.3 is 5.32 Å². The van der Waals surface area contributed by atoms with Gasteiger partial charge in [-0.3, -0.25) is 4.84 Å². The van der Waals surface area contributed by atoms with Crippen molar-refractivity contribution in [1.29, 1.82) is 0 Å². The average Bonchev–Trinajstić information content (AvgIpc) is 2.66. The Morgan fingerprint density at radius 1 is 1.46 bits per heavy atom. The fourth-order valence-corrected chi connectivity index (χ4v) is 0.823. The monoisotopic (exact) mass is 179 g/mol. The number of amides is 1. The Kier molecular flexibility index (Phi) is 3.73. The summed E-state index contributed by atoms with van der Waals surface area (Å²) in [5.74, 6) is 0.948. The molecule has 1 saturated carbocycles. The second kappa shape index (κ2) is 4.84. The number of nitrogens with zero attached hydrogens (tertiary/aromatic N) is 1. The van der Waals surface area contributed by atoms with Crippen LogP contribution in [0.3, 0.4) is 0 Å². The molecule has 4 heteroatoms. The largest absolute Gasteiger partial charge is 0.433 e. The van der Waals surface area contributed by atoms with Crippen LogP contribution in [0.4, 0.5) is 4.79 Å². The molecular formula is C9H11N2O2. The number of hydrogen-bond acceptors (Lipinski definition) is 3. The number of oxime groups is 1. The molecule has 0 unspecified atom stereocenters. The van der Waals surface area contributed by atoms with E-state index in [1.165, 1.54) is 7.05 Å². The zero-order valence-electron chi connectivity index (χ0n) is 7.57. The number of rotatable bonds is 2. The maximum atomic E-state index is 10.6. The normalized spacial score (nSPS) is 18.8. The van der Waals surface area contributed by atoms with Crippen LogP contribution in [0.15, 0.2) is 5.16 Å². The third-order valence-electron chi connectivity index (χ3n) is 1.55. The summed E-state index contributed by atoms with van der Waals surface area (Å²) >= 11 is 0. The Bertz CT molecular complexity index is 208. The van der Waals surface area contributed by atoms with Gasteiger partial charge in [0.1, 0.15) is 0 Å². The van der Waals surface area contributed by atoms with Crippen molar-refractivity contribution in [2.24, 2.45) is 5.16 Å². The lowest BCUT2D eigenvalue weighted by Gasteiger charge is -2.05. The highest BCUT2D eigenvalue weighted by molar-refractivity contribution is 6.00. The van der Waals surface area contributed by atoms with E-state index in [1.54, 1.807) is 6.92 Å². The van der Waals surface area contributed by atoms with Crippen molar-refractivity contribution in [3.05, 3.63) is 31.6 Å². The third kappa shape index (κ3) is 3.05. The van der Waals surface area contributed by atoms with Crippen molar-refractivity contribution in [3.63, 3.8) is 0 Å². The zero-order valence-corrected chi connectivity index (χ0v) is 7.57. The van der Waals surface area contributed by atoms with Crippen molar-refractivity contribution in [2.75, 3.05) is 7.05 Å². The van der Waals surface area contributed by atoms with E-state index in [9.17, 15) is 4.79 Å². The molecular weight excluding hydrogens is 168 g/mol. The van der Waals surface area contributed by atoms with E-state index in [4.69, 9.17) is 0 Å². The van der Waals surface area contributed by atoms with Crippen LogP contribution in [0.25, 0.3) is 0 Å². The van der Waals surface area contributed by atoms with Crippen LogP contribution in [0.1, 0.15) is 6.92 Å². The molecule has 0 saturated heterocycles. The molecule has 1 amide bonds. The number of carbonyl (C=O) groups is 1. The standard InChI is InChI=1S/C9H11N2O2/c1-7(8-5-3-4-6-8)11-13-9(12)10-2/h3-6H,1-2H3,(H,10,12)/b11-7+. The number of carbonyl (C=O) groups excluding carboxylic acids is 1. The number of nitrogens with one attached hydrogen (secondary N) is 1. The average molecular weight is 179 g/mol. The van der Waals surface area contributed by atoms with Crippen LogP contribution in [0.5, 0.6) is 0 Å². The van der Waals surface area contributed by atoms with Gasteiger partial charge in [0.05, 0.1) is 5.71 Å². The highest BCUT2D eigenvalue weighted by Crippen LogP contribution is 2.24. The minimum atomic E-state index is -0.564. The van der Waals surface area contributed by atoms with Crippen molar-refractivity contribution in [2.45, 2.75) is 6.92 Å². The first kappa shape index (κ1) is 10.0. The van der Waals surface area contributed by atoms with Gasteiger partial charge in [-0.05, 0) is 32.6 Å². The molecule has 0 aromatic rings. The van der Waals surface area contributed by atoms with E-state index >= 15 is 0 Å². The van der Waals surface area contributed by atoms with Crippen LogP contribution in [0.2, 0.25) is 0 Å². The summed E-state index contributed by atoms with van der Waals surface area (Å²) in [5, 5.41) is 5.94. The van der Waals surface area contributed by atoms with Gasteiger partial charge in [-0.1, -0.05) is 5.16 Å². The molecule has 0 atom stereocenters. The Balaban J connectivity index is 2.36. The van der Waals surface area contributed by atoms with Crippen molar-refractivity contribution in [1.82, 2.24) is 5.32 Å². The Morgan fingerprint density at radius 3 is 2.62 bits per heavy atom. The molecule has 1 rings (SSSR count). The molecule has 0 aromatic heterocycles. The van der Waals surface area contributed by atoms with Gasteiger partial charge in [0.2, 0.25) is 0 Å². The summed E-state index contributed by atoms with van der Waals surface area (Å²) in [6, 6.07) is 0. The molecule has 69 valence electrons. The molecule has 1 aliphatic carbocycles. The first-order valence-corrected chi connectivity index (χ1v) is 3.89. The van der Waals surface area contributed by atoms with E-state index in [0.717, 1.165) is 5.92 Å². The second-order valence-electron chi connectivity index (χ2n) is 2.48. The predicted octanol–water partition coefficient (Wildman–Crippen LogP) is 1.12. The molecule has 1 aliphatic rings. The summed E-state index contributed by atoms with van der Waals surface area (Å²) in [6.45, 7) is 1.78. The summed E-state index contributed by atoms with van der Waals surface area (Å²) in [5.41, 5.74) is 0.675. The molecule has 13 heavy (non-hydrogen) atoms. The van der Waals surface area contributed by atoms with Gasteiger partial charge in [0, 0.05) is 13.0 Å². The molecule has 0 heterocycles. The minimum absolute atomic E-state index is 0.564. The quantitative estimate of drug-likeness (QED) is 0.392. The van der Waals surface area contributed by atoms with Gasteiger partial charge in [-0.2, -0.15) is 0 Å². The van der Waals surface area contributed by atoms with Crippen molar-refractivity contribution < 1.29 is 9.63 Å². The van der Waals surface area contributed by atoms with E-state index in [2.05, 4.69) is 15.3 Å². The summed E-state index contributed by atoms with van der Waals surface area (Å²) in [7, 11) is 1.48. The molecule has 1 fully saturated rings. The van der Waals surface area contributed by atoms with Gasteiger partial charge in [0.15, 0.2) is 0 Å². The lowest BCUT2D eigenvalue weighted by molar-refractivity contribution is 0.153. The lowest BCUT2D eigenvalue weighted by Crippen LogP contribution is -2.18. The van der Waals surface area contributed by atoms with E-state index < -0.39 is 6.09 Å². The highest BCUT2D eigenvalue weighted by Gasteiger charge is 2.20. The molecule has 0 bridgehead atoms. The third-order valence-corrected chi connectivity index (χ3v) is 1.55. The molecule has 5 radical (unpaired) electrons. The summed E-state index contributed by atoms with van der Waals surface area (Å²) in [6.07, 6.45) is 7.02. The summed E-state index contributed by atoms with van der Waals surface area (Å²) in [4.78, 5) is 15.2. The Hall–Kier alpha value is -1.06. The van der Waals surface area contributed by atoms with Crippen LogP contribution in [0, 0.1) is 31.6 Å². The first-order valence-electron chi connectivity index (χ1n) is 3.89. The Labute approximate surface area is 78.3 Å². The maximum absolute atomic E-state index is 10.6. The Morgan fingerprint density at radius 2 is 2.08 bits per heavy atom. The second-order valence-corrected chi connectivity index (χ2v) is 2.48. The van der Waals surface area contributed by atoms with Crippen LogP contribution < -0.4 is 5.32 Å². The summed E-state index contributed by atoms with van der Waals surface area (Å²) < 4.78 is 0. The van der Waals surface area contributed by atoms with Gasteiger partial charge in [0.25, 0.3) is 0 Å². The van der Waals surface area contributed by atoms with Gasteiger partial charge in [-0.25, -0.2) is 4.79 Å². The van der Waals surface area contributed by atoms with Crippen molar-refractivity contribution >= 4 is 11.8 Å². The predicted molar refractivity (Wildman–Crippen MR) is 49.1 cm³/mol. The molecule has 1 N–H and O–H groups in total. The SMILES string of the molecule is CNC(=O)O/N=C(\C)[C]1[CH][CH][CH][CH]1. The molecule has 0 spiro atoms. The molecule has 4 nitrogen and oxygen atoms in total. The fourth-order valence-electron chi connectivity index (χ4n) is 0.823. The van der Waals surface area contributed by atoms with Crippen LogP contribution >= 0.6 is 0 Å². The first-order chi connectivity index (χ1) is 6.24. The highest BCUT2D eigenvalue weighted by atomic mass is 16.7. The smallest absolute Gasteiger partial charge is 0.323 e. The van der Waals surface area contributed by atoms with E-state index in [-0.39, 0.29) is 0 Å². The maximum Gasteiger partial charge on any atom is 0.433 e. The minimum Gasteiger partial charge on any atom is -0.323 e. The van der Waals surface area contributed by atoms with Gasteiger partial charge in [-0.15, -0.1) is 0 Å². The van der Waals surface area contributed by atoms with E-state index in [1.807, 2.05) is 25.7 Å². The lowest BCUT2D eigenvalue weighted by atomic mass is 10.0. The van der Waals surface area contributed by atoms with Gasteiger partial charge >= 0.3 is 6.09 Å².